The Labute approximate surface area is 159 Å². The number of hydrogen-bond acceptors (Lipinski definition) is 7. The van der Waals surface area contributed by atoms with E-state index in [1.165, 1.54) is 16.4 Å². The van der Waals surface area contributed by atoms with Crippen molar-refractivity contribution in [2.75, 3.05) is 5.75 Å². The van der Waals surface area contributed by atoms with Gasteiger partial charge in [0.1, 0.15) is 18.3 Å². The normalized spacial score (nSPS) is 37.1. The minimum atomic E-state index is -3.37. The average molecular weight is 401 g/mol. The number of ether oxygens (including phenoxy) is 5. The zero-order chi connectivity index (χ0) is 19.4. The van der Waals surface area contributed by atoms with Gasteiger partial charge in [0.25, 0.3) is 0 Å². The Morgan fingerprint density at radius 2 is 1.48 bits per heavy atom. The van der Waals surface area contributed by atoms with Gasteiger partial charge in [-0.1, -0.05) is 0 Å². The second-order valence-corrected chi connectivity index (χ2v) is 10.2. The van der Waals surface area contributed by atoms with Crippen molar-refractivity contribution in [2.24, 2.45) is 0 Å². The molecule has 0 bridgehead atoms. The summed E-state index contributed by atoms with van der Waals surface area (Å²) in [7, 11) is -3.37. The molecule has 0 aromatic carbocycles. The van der Waals surface area contributed by atoms with E-state index in [9.17, 15) is 8.42 Å². The summed E-state index contributed by atoms with van der Waals surface area (Å²) < 4.78 is 56.0. The topological polar surface area (TPSA) is 85.2 Å². The van der Waals surface area contributed by atoms with Crippen LogP contribution in [0.3, 0.4) is 0 Å². The Morgan fingerprint density at radius 1 is 0.889 bits per heavy atom. The van der Waals surface area contributed by atoms with Gasteiger partial charge in [-0.15, -0.1) is 0 Å². The van der Waals surface area contributed by atoms with Crippen LogP contribution < -0.4 is 0 Å². The fraction of sp³-hybridized carbons (Fsp3) is 0.778. The molecule has 0 spiro atoms. The highest BCUT2D eigenvalue weighted by Gasteiger charge is 2.60. The Balaban J connectivity index is 1.44. The van der Waals surface area contributed by atoms with Crippen molar-refractivity contribution in [3.05, 3.63) is 24.5 Å². The van der Waals surface area contributed by atoms with Crippen LogP contribution in [0.2, 0.25) is 0 Å². The first-order valence-electron chi connectivity index (χ1n) is 9.29. The van der Waals surface area contributed by atoms with Crippen molar-refractivity contribution >= 4 is 10.0 Å². The van der Waals surface area contributed by atoms with E-state index in [2.05, 4.69) is 0 Å². The third-order valence-corrected chi connectivity index (χ3v) is 6.73. The summed E-state index contributed by atoms with van der Waals surface area (Å²) in [6, 6.07) is 3.38. The fourth-order valence-corrected chi connectivity index (χ4v) is 5.26. The number of fused-ring (bicyclic) bond motifs is 3. The third-order valence-electron chi connectivity index (χ3n) is 5.04. The largest absolute Gasteiger partial charge is 0.344 e. The minimum Gasteiger partial charge on any atom is -0.344 e. The highest BCUT2D eigenvalue weighted by atomic mass is 32.2. The van der Waals surface area contributed by atoms with E-state index < -0.39 is 27.9 Å². The van der Waals surface area contributed by atoms with Crippen LogP contribution in [0.5, 0.6) is 0 Å². The van der Waals surface area contributed by atoms with Gasteiger partial charge >= 0.3 is 0 Å². The molecular weight excluding hydrogens is 374 g/mol. The summed E-state index contributed by atoms with van der Waals surface area (Å²) in [6.45, 7) is 7.39. The van der Waals surface area contributed by atoms with Crippen molar-refractivity contribution in [2.45, 2.75) is 82.8 Å². The molecule has 8 nitrogen and oxygen atoms in total. The minimum absolute atomic E-state index is 0.0279. The molecule has 1 aromatic heterocycles. The zero-order valence-corrected chi connectivity index (χ0v) is 16.8. The summed E-state index contributed by atoms with van der Waals surface area (Å²) in [6.07, 6.45) is 2.16. The van der Waals surface area contributed by atoms with E-state index in [1.807, 2.05) is 27.7 Å². The predicted octanol–water partition coefficient (Wildman–Crippen LogP) is 1.84. The van der Waals surface area contributed by atoms with Crippen LogP contribution in [-0.2, 0) is 33.7 Å². The van der Waals surface area contributed by atoms with Crippen LogP contribution in [0, 0.1) is 0 Å². The Bertz CT molecular complexity index is 774. The highest BCUT2D eigenvalue weighted by molar-refractivity contribution is 7.89. The lowest BCUT2D eigenvalue weighted by Crippen LogP contribution is -2.54. The van der Waals surface area contributed by atoms with Gasteiger partial charge in [-0.3, -0.25) is 3.97 Å². The Hall–Kier alpha value is -0.970. The van der Waals surface area contributed by atoms with E-state index in [0.29, 0.717) is 12.8 Å². The van der Waals surface area contributed by atoms with Crippen LogP contribution in [-0.4, -0.2) is 60.4 Å². The molecule has 27 heavy (non-hydrogen) atoms. The van der Waals surface area contributed by atoms with Crippen LogP contribution in [0.4, 0.5) is 0 Å². The lowest BCUT2D eigenvalue weighted by molar-refractivity contribution is -0.234. The average Bonchev–Trinajstić information content (AvgIpc) is 3.23. The summed E-state index contributed by atoms with van der Waals surface area (Å²) >= 11 is 0. The van der Waals surface area contributed by atoms with Crippen LogP contribution >= 0.6 is 0 Å². The first-order chi connectivity index (χ1) is 12.6. The van der Waals surface area contributed by atoms with Gasteiger partial charge < -0.3 is 23.7 Å². The first kappa shape index (κ1) is 19.4. The summed E-state index contributed by atoms with van der Waals surface area (Å²) in [4.78, 5) is 0. The molecule has 3 aliphatic rings. The van der Waals surface area contributed by atoms with Gasteiger partial charge in [-0.2, -0.15) is 0 Å². The van der Waals surface area contributed by atoms with Gasteiger partial charge in [0, 0.05) is 12.4 Å². The number of hydrogen-bond donors (Lipinski definition) is 0. The molecule has 3 aliphatic heterocycles. The van der Waals surface area contributed by atoms with Crippen molar-refractivity contribution in [1.82, 2.24) is 3.97 Å². The van der Waals surface area contributed by atoms with E-state index in [-0.39, 0.29) is 30.2 Å². The molecule has 3 fully saturated rings. The van der Waals surface area contributed by atoms with Crippen LogP contribution in [0.1, 0.15) is 40.5 Å². The summed E-state index contributed by atoms with van der Waals surface area (Å²) in [5, 5.41) is 0. The fourth-order valence-electron chi connectivity index (χ4n) is 4.00. The Kier molecular flexibility index (Phi) is 4.68. The molecule has 0 aliphatic carbocycles. The molecule has 3 saturated heterocycles. The van der Waals surface area contributed by atoms with E-state index in [4.69, 9.17) is 23.7 Å². The molecule has 0 amide bonds. The quantitative estimate of drug-likeness (QED) is 0.744. The second kappa shape index (κ2) is 6.53. The SMILES string of the molecule is CC1(C)O[C@H]2[C@@H](O1)[C@@H](CCCS(=O)(=O)n1cccc1)O[C@@H]1OC(C)(C)O[C@@H]12. The molecule has 1 aromatic rings. The molecule has 9 heteroatoms. The van der Waals surface area contributed by atoms with Gasteiger partial charge in [0.15, 0.2) is 17.9 Å². The second-order valence-electron chi connectivity index (χ2n) is 8.18. The van der Waals surface area contributed by atoms with Crippen molar-refractivity contribution in [3.8, 4) is 0 Å². The van der Waals surface area contributed by atoms with Crippen molar-refractivity contribution in [1.29, 1.82) is 0 Å². The molecule has 4 rings (SSSR count). The molecule has 4 heterocycles. The van der Waals surface area contributed by atoms with Crippen LogP contribution in [0.25, 0.3) is 0 Å². The molecule has 5 atom stereocenters. The predicted molar refractivity (Wildman–Crippen MR) is 95.4 cm³/mol. The Morgan fingerprint density at radius 3 is 2.19 bits per heavy atom. The highest BCUT2D eigenvalue weighted by Crippen LogP contribution is 2.44. The van der Waals surface area contributed by atoms with Gasteiger partial charge in [-0.25, -0.2) is 8.42 Å². The molecule has 0 radical (unpaired) electrons. The molecule has 0 saturated carbocycles. The van der Waals surface area contributed by atoms with Gasteiger partial charge in [0.05, 0.1) is 11.9 Å². The van der Waals surface area contributed by atoms with Gasteiger partial charge in [0.2, 0.25) is 10.0 Å². The maximum atomic E-state index is 12.4. The molecular formula is C18H27NO7S. The maximum absolute atomic E-state index is 12.4. The number of aromatic nitrogens is 1. The maximum Gasteiger partial charge on any atom is 0.238 e. The van der Waals surface area contributed by atoms with Crippen molar-refractivity contribution < 1.29 is 32.1 Å². The lowest BCUT2D eigenvalue weighted by atomic mass is 9.96. The molecule has 152 valence electrons. The smallest absolute Gasteiger partial charge is 0.238 e. The summed E-state index contributed by atoms with van der Waals surface area (Å²) in [5.74, 6) is -1.48. The molecule has 0 N–H and O–H groups in total. The lowest BCUT2D eigenvalue weighted by Gasteiger charge is -2.37. The van der Waals surface area contributed by atoms with E-state index >= 15 is 0 Å². The van der Waals surface area contributed by atoms with E-state index in [1.54, 1.807) is 12.1 Å². The first-order valence-corrected chi connectivity index (χ1v) is 10.9. The summed E-state index contributed by atoms with van der Waals surface area (Å²) in [5.41, 5.74) is 0. The van der Waals surface area contributed by atoms with E-state index in [0.717, 1.165) is 0 Å². The van der Waals surface area contributed by atoms with Crippen LogP contribution in [0.15, 0.2) is 24.5 Å². The zero-order valence-electron chi connectivity index (χ0n) is 16.0. The monoisotopic (exact) mass is 401 g/mol. The third kappa shape index (κ3) is 3.81. The standard InChI is InChI=1S/C18H27NO7S/c1-17(2)23-13-12(8-7-11-27(20,21)19-9-5-6-10-19)22-16-15(14(13)24-17)25-18(3,4)26-16/h5-6,9-10,12-16H,7-8,11H2,1-4H3/t12-,13+,14+,15-,16-/m1/s1. The number of nitrogens with zero attached hydrogens (tertiary/aromatic N) is 1. The number of rotatable bonds is 5. The van der Waals surface area contributed by atoms with Gasteiger partial charge in [-0.05, 0) is 52.7 Å². The van der Waals surface area contributed by atoms with Crippen molar-refractivity contribution in [3.63, 3.8) is 0 Å². The molecule has 0 unspecified atom stereocenters.